The zero-order chi connectivity index (χ0) is 14.5. The first-order valence-corrected chi connectivity index (χ1v) is 7.61. The van der Waals surface area contributed by atoms with Gasteiger partial charge in [-0.3, -0.25) is 0 Å². The predicted molar refractivity (Wildman–Crippen MR) is 80.6 cm³/mol. The summed E-state index contributed by atoms with van der Waals surface area (Å²) in [5.74, 6) is -1.20. The van der Waals surface area contributed by atoms with Crippen LogP contribution in [0.2, 0.25) is 0 Å². The van der Waals surface area contributed by atoms with E-state index in [0.29, 0.717) is 0 Å². The molecule has 0 amide bonds. The van der Waals surface area contributed by atoms with Gasteiger partial charge in [-0.2, -0.15) is 0 Å². The van der Waals surface area contributed by atoms with Crippen molar-refractivity contribution in [2.45, 2.75) is 16.7 Å². The maximum Gasteiger partial charge on any atom is 0.341 e. The minimum atomic E-state index is -0.634. The van der Waals surface area contributed by atoms with Gasteiger partial charge in [-0.15, -0.1) is 0 Å². The fourth-order valence-electron chi connectivity index (χ4n) is 1.57. The van der Waals surface area contributed by atoms with Gasteiger partial charge in [-0.25, -0.2) is 9.18 Å². The summed E-state index contributed by atoms with van der Waals surface area (Å²) in [6.45, 7) is 1.92. The van der Waals surface area contributed by atoms with Gasteiger partial charge in [-0.1, -0.05) is 27.7 Å². The minimum absolute atomic E-state index is 0.0352. The van der Waals surface area contributed by atoms with Crippen molar-refractivity contribution in [2.24, 2.45) is 0 Å². The van der Waals surface area contributed by atoms with E-state index in [-0.39, 0.29) is 12.2 Å². The third-order valence-corrected chi connectivity index (χ3v) is 4.01. The van der Waals surface area contributed by atoms with Crippen LogP contribution in [0.3, 0.4) is 0 Å². The molecule has 2 aromatic rings. The summed E-state index contributed by atoms with van der Waals surface area (Å²) in [7, 11) is 0. The Morgan fingerprint density at radius 3 is 2.45 bits per heavy atom. The van der Waals surface area contributed by atoms with Crippen LogP contribution in [0, 0.1) is 5.82 Å². The number of hydrogen-bond acceptors (Lipinski definition) is 3. The number of hydrogen-bond donors (Lipinski definition) is 0. The van der Waals surface area contributed by atoms with Crippen molar-refractivity contribution in [1.82, 2.24) is 0 Å². The molecule has 0 aliphatic carbocycles. The Labute approximate surface area is 129 Å². The lowest BCUT2D eigenvalue weighted by molar-refractivity contribution is 0.0521. The van der Waals surface area contributed by atoms with Crippen LogP contribution < -0.4 is 0 Å². The molecule has 2 nitrogen and oxygen atoms in total. The summed E-state index contributed by atoms with van der Waals surface area (Å²) in [6.07, 6.45) is 0. The molecular weight excluding hydrogens is 343 g/mol. The highest BCUT2D eigenvalue weighted by Crippen LogP contribution is 2.29. The highest BCUT2D eigenvalue weighted by atomic mass is 79.9. The summed E-state index contributed by atoms with van der Waals surface area (Å²) in [4.78, 5) is 13.2. The highest BCUT2D eigenvalue weighted by Gasteiger charge is 2.13. The van der Waals surface area contributed by atoms with Crippen molar-refractivity contribution >= 4 is 33.7 Å². The topological polar surface area (TPSA) is 26.3 Å². The quantitative estimate of drug-likeness (QED) is 0.729. The van der Waals surface area contributed by atoms with Crippen LogP contribution in [0.5, 0.6) is 0 Å². The molecule has 0 aliphatic rings. The standard InChI is InChI=1S/C15H12BrFO2S/c1-2-19-15(18)13-8-7-12(9-14(13)17)20-11-5-3-10(16)4-6-11/h3-9H,2H2,1H3. The Morgan fingerprint density at radius 1 is 1.20 bits per heavy atom. The molecule has 0 radical (unpaired) electrons. The second-order valence-corrected chi connectivity index (χ2v) is 5.98. The molecule has 0 saturated carbocycles. The monoisotopic (exact) mass is 354 g/mol. The average Bonchev–Trinajstić information content (AvgIpc) is 2.42. The van der Waals surface area contributed by atoms with Crippen LogP contribution in [0.1, 0.15) is 17.3 Å². The molecular formula is C15H12BrFO2S. The third kappa shape index (κ3) is 3.84. The van der Waals surface area contributed by atoms with Gasteiger partial charge < -0.3 is 4.74 Å². The number of halogens is 2. The predicted octanol–water partition coefficient (Wildman–Crippen LogP) is 4.92. The Kier molecular flexibility index (Phi) is 5.20. The Bertz CT molecular complexity index is 614. The molecule has 104 valence electrons. The van der Waals surface area contributed by atoms with Crippen molar-refractivity contribution in [2.75, 3.05) is 6.61 Å². The van der Waals surface area contributed by atoms with E-state index in [4.69, 9.17) is 4.74 Å². The largest absolute Gasteiger partial charge is 0.462 e. The van der Waals surface area contributed by atoms with E-state index < -0.39 is 11.8 Å². The maximum absolute atomic E-state index is 13.9. The van der Waals surface area contributed by atoms with Gasteiger partial charge in [0.15, 0.2) is 0 Å². The van der Waals surface area contributed by atoms with E-state index >= 15 is 0 Å². The molecule has 0 bridgehead atoms. The van der Waals surface area contributed by atoms with Crippen LogP contribution in [0.15, 0.2) is 56.7 Å². The molecule has 0 aromatic heterocycles. The van der Waals surface area contributed by atoms with Crippen molar-refractivity contribution < 1.29 is 13.9 Å². The molecule has 2 rings (SSSR count). The Hall–Kier alpha value is -1.33. The zero-order valence-electron chi connectivity index (χ0n) is 10.7. The van der Waals surface area contributed by atoms with Crippen molar-refractivity contribution in [1.29, 1.82) is 0 Å². The van der Waals surface area contributed by atoms with Crippen LogP contribution in [-0.2, 0) is 4.74 Å². The third-order valence-electron chi connectivity index (χ3n) is 2.49. The van der Waals surface area contributed by atoms with Gasteiger partial charge >= 0.3 is 5.97 Å². The molecule has 0 unspecified atom stereocenters. The van der Waals surface area contributed by atoms with E-state index in [0.717, 1.165) is 14.3 Å². The van der Waals surface area contributed by atoms with E-state index in [1.165, 1.54) is 23.9 Å². The number of carbonyl (C=O) groups is 1. The van der Waals surface area contributed by atoms with Gasteiger partial charge in [0.1, 0.15) is 5.82 Å². The van der Waals surface area contributed by atoms with E-state index in [1.54, 1.807) is 13.0 Å². The van der Waals surface area contributed by atoms with Crippen LogP contribution in [0.4, 0.5) is 4.39 Å². The molecule has 5 heteroatoms. The number of carbonyl (C=O) groups excluding carboxylic acids is 1. The smallest absolute Gasteiger partial charge is 0.341 e. The molecule has 0 N–H and O–H groups in total. The fraction of sp³-hybridized carbons (Fsp3) is 0.133. The summed E-state index contributed by atoms with van der Waals surface area (Å²) in [5, 5.41) is 0. The molecule has 0 spiro atoms. The molecule has 0 saturated heterocycles. The van der Waals surface area contributed by atoms with Crippen LogP contribution in [0.25, 0.3) is 0 Å². The lowest BCUT2D eigenvalue weighted by Crippen LogP contribution is -2.06. The van der Waals surface area contributed by atoms with E-state index in [1.807, 2.05) is 24.3 Å². The highest BCUT2D eigenvalue weighted by molar-refractivity contribution is 9.10. The van der Waals surface area contributed by atoms with Crippen molar-refractivity contribution in [3.8, 4) is 0 Å². The first-order valence-electron chi connectivity index (χ1n) is 6.00. The van der Waals surface area contributed by atoms with Gasteiger partial charge in [0.25, 0.3) is 0 Å². The number of esters is 1. The molecule has 20 heavy (non-hydrogen) atoms. The average molecular weight is 355 g/mol. The van der Waals surface area contributed by atoms with Gasteiger partial charge in [0, 0.05) is 14.3 Å². The molecule has 0 heterocycles. The summed E-state index contributed by atoms with van der Waals surface area (Å²) in [6, 6.07) is 12.2. The summed E-state index contributed by atoms with van der Waals surface area (Å²) >= 11 is 4.79. The Morgan fingerprint density at radius 2 is 1.85 bits per heavy atom. The maximum atomic E-state index is 13.9. The normalized spacial score (nSPS) is 10.3. The summed E-state index contributed by atoms with van der Waals surface area (Å²) in [5.41, 5.74) is -0.0352. The first kappa shape index (κ1) is 15.1. The van der Waals surface area contributed by atoms with E-state index in [2.05, 4.69) is 15.9 Å². The second-order valence-electron chi connectivity index (χ2n) is 3.92. The number of ether oxygens (including phenoxy) is 1. The van der Waals surface area contributed by atoms with Gasteiger partial charge in [0.2, 0.25) is 0 Å². The number of rotatable bonds is 4. The lowest BCUT2D eigenvalue weighted by Gasteiger charge is -2.06. The van der Waals surface area contributed by atoms with Crippen LogP contribution in [-0.4, -0.2) is 12.6 Å². The molecule has 0 fully saturated rings. The van der Waals surface area contributed by atoms with Gasteiger partial charge in [0.05, 0.1) is 12.2 Å². The van der Waals surface area contributed by atoms with Crippen molar-refractivity contribution in [3.63, 3.8) is 0 Å². The SMILES string of the molecule is CCOC(=O)c1ccc(Sc2ccc(Br)cc2)cc1F. The van der Waals surface area contributed by atoms with Crippen LogP contribution >= 0.6 is 27.7 Å². The van der Waals surface area contributed by atoms with E-state index in [9.17, 15) is 9.18 Å². The zero-order valence-corrected chi connectivity index (χ0v) is 13.1. The fourth-order valence-corrected chi connectivity index (χ4v) is 2.68. The first-order chi connectivity index (χ1) is 9.60. The molecule has 2 aromatic carbocycles. The summed E-state index contributed by atoms with van der Waals surface area (Å²) < 4.78 is 19.6. The molecule has 0 atom stereocenters. The second kappa shape index (κ2) is 6.90. The lowest BCUT2D eigenvalue weighted by atomic mass is 10.2. The number of benzene rings is 2. The Balaban J connectivity index is 2.16. The molecule has 0 aliphatic heterocycles. The van der Waals surface area contributed by atoms with Crippen molar-refractivity contribution in [3.05, 3.63) is 58.3 Å². The van der Waals surface area contributed by atoms with Gasteiger partial charge in [-0.05, 0) is 49.4 Å². The minimum Gasteiger partial charge on any atom is -0.462 e.